The monoisotopic (exact) mass is 427 g/mol. The van der Waals surface area contributed by atoms with E-state index in [4.69, 9.17) is 0 Å². The lowest BCUT2D eigenvalue weighted by molar-refractivity contribution is 0.0773. The van der Waals surface area contributed by atoms with Crippen LogP contribution < -0.4 is 5.32 Å². The molecule has 1 fully saturated rings. The lowest BCUT2D eigenvalue weighted by Gasteiger charge is -2.27. The summed E-state index contributed by atoms with van der Waals surface area (Å²) in [7, 11) is 0. The minimum Gasteiger partial charge on any atom is -0.380 e. The van der Waals surface area contributed by atoms with Crippen molar-refractivity contribution in [3.63, 3.8) is 0 Å². The van der Waals surface area contributed by atoms with Gasteiger partial charge in [-0.1, -0.05) is 12.1 Å². The Balaban J connectivity index is 1.69. The van der Waals surface area contributed by atoms with Gasteiger partial charge in [0.25, 0.3) is 5.91 Å². The summed E-state index contributed by atoms with van der Waals surface area (Å²) < 4.78 is 14.0. The standard InChI is InChI=1S/C22H22FN3OS2/c1-28-17-5-2-15(3-6-17)13-25-21-18-12-16(23)4-7-20(18)24-14-19(21)22(27)26-8-10-29-11-9-26/h2-7,12,14H,8-11,13H2,1H3,(H,24,25). The summed E-state index contributed by atoms with van der Waals surface area (Å²) in [6.45, 7) is 1.99. The third kappa shape index (κ3) is 4.51. The Hall–Kier alpha value is -2.25. The second-order valence-electron chi connectivity index (χ2n) is 6.81. The SMILES string of the molecule is CSc1ccc(CNc2c(C(=O)N3CCSCC3)cnc3ccc(F)cc23)cc1. The highest BCUT2D eigenvalue weighted by atomic mass is 32.2. The number of nitrogens with one attached hydrogen (secondary N) is 1. The third-order valence-corrected chi connectivity index (χ3v) is 6.67. The molecule has 150 valence electrons. The number of hydrogen-bond acceptors (Lipinski definition) is 5. The Morgan fingerprint density at radius 2 is 1.97 bits per heavy atom. The number of carbonyl (C=O) groups excluding carboxylic acids is 1. The first-order valence-electron chi connectivity index (χ1n) is 9.48. The second-order valence-corrected chi connectivity index (χ2v) is 8.92. The molecule has 1 amide bonds. The molecule has 0 atom stereocenters. The van der Waals surface area contributed by atoms with E-state index < -0.39 is 0 Å². The topological polar surface area (TPSA) is 45.2 Å². The van der Waals surface area contributed by atoms with Crippen molar-refractivity contribution in [2.45, 2.75) is 11.4 Å². The molecular weight excluding hydrogens is 405 g/mol. The van der Waals surface area contributed by atoms with Crippen LogP contribution in [0.2, 0.25) is 0 Å². The molecule has 29 heavy (non-hydrogen) atoms. The first kappa shape index (κ1) is 20.0. The zero-order valence-corrected chi connectivity index (χ0v) is 17.8. The fourth-order valence-electron chi connectivity index (χ4n) is 3.39. The number of amides is 1. The van der Waals surface area contributed by atoms with Gasteiger partial charge in [-0.25, -0.2) is 4.39 Å². The summed E-state index contributed by atoms with van der Waals surface area (Å²) in [5, 5.41) is 4.02. The van der Waals surface area contributed by atoms with E-state index in [9.17, 15) is 9.18 Å². The van der Waals surface area contributed by atoms with Gasteiger partial charge in [0.15, 0.2) is 0 Å². The number of rotatable bonds is 5. The number of carbonyl (C=O) groups is 1. The molecule has 2 aromatic carbocycles. The number of nitrogens with zero attached hydrogens (tertiary/aromatic N) is 2. The smallest absolute Gasteiger partial charge is 0.257 e. The van der Waals surface area contributed by atoms with Crippen molar-refractivity contribution in [3.05, 3.63) is 65.6 Å². The molecule has 0 bridgehead atoms. The minimum atomic E-state index is -0.342. The number of hydrogen-bond donors (Lipinski definition) is 1. The van der Waals surface area contributed by atoms with Gasteiger partial charge in [-0.05, 0) is 42.2 Å². The van der Waals surface area contributed by atoms with Crippen LogP contribution in [0, 0.1) is 5.82 Å². The molecule has 1 aromatic heterocycles. The molecule has 7 heteroatoms. The predicted octanol–water partition coefficient (Wildman–Crippen LogP) is 4.90. The number of benzene rings is 2. The van der Waals surface area contributed by atoms with Crippen LogP contribution in [0.3, 0.4) is 0 Å². The summed E-state index contributed by atoms with van der Waals surface area (Å²) in [5.74, 6) is 1.48. The lowest BCUT2D eigenvalue weighted by Crippen LogP contribution is -2.38. The Labute approximate surface area is 178 Å². The predicted molar refractivity (Wildman–Crippen MR) is 120 cm³/mol. The van der Waals surface area contributed by atoms with Crippen molar-refractivity contribution >= 4 is 46.0 Å². The van der Waals surface area contributed by atoms with Gasteiger partial charge in [0.1, 0.15) is 5.82 Å². The van der Waals surface area contributed by atoms with Gasteiger partial charge in [0.2, 0.25) is 0 Å². The highest BCUT2D eigenvalue weighted by molar-refractivity contribution is 7.99. The summed E-state index contributed by atoms with van der Waals surface area (Å²) in [6, 6.07) is 12.8. The maximum atomic E-state index is 14.0. The van der Waals surface area contributed by atoms with Crippen LogP contribution in [0.1, 0.15) is 15.9 Å². The number of halogens is 1. The van der Waals surface area contributed by atoms with Gasteiger partial charge >= 0.3 is 0 Å². The van der Waals surface area contributed by atoms with Gasteiger partial charge in [-0.3, -0.25) is 9.78 Å². The summed E-state index contributed by atoms with van der Waals surface area (Å²) in [4.78, 5) is 20.7. The lowest BCUT2D eigenvalue weighted by atomic mass is 10.1. The first-order valence-corrected chi connectivity index (χ1v) is 11.9. The average Bonchev–Trinajstić information content (AvgIpc) is 2.77. The number of fused-ring (bicyclic) bond motifs is 1. The maximum Gasteiger partial charge on any atom is 0.257 e. The van der Waals surface area contributed by atoms with E-state index >= 15 is 0 Å². The van der Waals surface area contributed by atoms with Crippen molar-refractivity contribution in [1.82, 2.24) is 9.88 Å². The number of aromatic nitrogens is 1. The van der Waals surface area contributed by atoms with Gasteiger partial charge in [0, 0.05) is 47.6 Å². The van der Waals surface area contributed by atoms with E-state index in [-0.39, 0.29) is 11.7 Å². The first-order chi connectivity index (χ1) is 14.2. The normalized spacial score (nSPS) is 14.2. The van der Waals surface area contributed by atoms with Gasteiger partial charge in [0.05, 0.1) is 16.8 Å². The molecule has 2 heterocycles. The van der Waals surface area contributed by atoms with Crippen LogP contribution in [0.4, 0.5) is 10.1 Å². The largest absolute Gasteiger partial charge is 0.380 e. The molecule has 0 spiro atoms. The number of thioether (sulfide) groups is 2. The Morgan fingerprint density at radius 1 is 1.21 bits per heavy atom. The Kier molecular flexibility index (Phi) is 6.25. The highest BCUT2D eigenvalue weighted by Gasteiger charge is 2.23. The minimum absolute atomic E-state index is 0.0517. The molecule has 4 nitrogen and oxygen atoms in total. The third-order valence-electron chi connectivity index (χ3n) is 4.99. The van der Waals surface area contributed by atoms with E-state index in [1.54, 1.807) is 24.0 Å². The second kappa shape index (κ2) is 9.05. The molecule has 0 unspecified atom stereocenters. The van der Waals surface area contributed by atoms with Crippen molar-refractivity contribution < 1.29 is 9.18 Å². The molecule has 1 aliphatic rings. The highest BCUT2D eigenvalue weighted by Crippen LogP contribution is 2.29. The van der Waals surface area contributed by atoms with Gasteiger partial charge < -0.3 is 10.2 Å². The van der Waals surface area contributed by atoms with Crippen molar-refractivity contribution in [1.29, 1.82) is 0 Å². The average molecular weight is 428 g/mol. The molecule has 0 saturated carbocycles. The van der Waals surface area contributed by atoms with Crippen LogP contribution in [0.25, 0.3) is 10.9 Å². The van der Waals surface area contributed by atoms with E-state index in [1.807, 2.05) is 22.9 Å². The molecule has 1 saturated heterocycles. The molecule has 0 radical (unpaired) electrons. The van der Waals surface area contributed by atoms with Crippen LogP contribution in [-0.2, 0) is 6.54 Å². The maximum absolute atomic E-state index is 14.0. The summed E-state index contributed by atoms with van der Waals surface area (Å²) in [6.07, 6.45) is 3.66. The zero-order valence-electron chi connectivity index (χ0n) is 16.2. The zero-order chi connectivity index (χ0) is 20.2. The van der Waals surface area contributed by atoms with Crippen LogP contribution in [0.5, 0.6) is 0 Å². The van der Waals surface area contributed by atoms with Crippen molar-refractivity contribution in [2.24, 2.45) is 0 Å². The van der Waals surface area contributed by atoms with Gasteiger partial charge in [-0.2, -0.15) is 11.8 Å². The van der Waals surface area contributed by atoms with Gasteiger partial charge in [-0.15, -0.1) is 11.8 Å². The Morgan fingerprint density at radius 3 is 2.69 bits per heavy atom. The Bertz CT molecular complexity index is 1020. The van der Waals surface area contributed by atoms with E-state index in [0.717, 1.165) is 30.2 Å². The summed E-state index contributed by atoms with van der Waals surface area (Å²) >= 11 is 3.55. The molecular formula is C22H22FN3OS2. The van der Waals surface area contributed by atoms with E-state index in [1.165, 1.54) is 17.0 Å². The van der Waals surface area contributed by atoms with Crippen LogP contribution >= 0.6 is 23.5 Å². The molecule has 4 rings (SSSR count). The number of pyridine rings is 1. The molecule has 3 aromatic rings. The fraction of sp³-hybridized carbons (Fsp3) is 0.273. The van der Waals surface area contributed by atoms with Crippen LogP contribution in [-0.4, -0.2) is 46.6 Å². The van der Waals surface area contributed by atoms with Crippen molar-refractivity contribution in [3.8, 4) is 0 Å². The quantitative estimate of drug-likeness (QED) is 0.587. The van der Waals surface area contributed by atoms with E-state index in [0.29, 0.717) is 28.7 Å². The molecule has 1 N–H and O–H groups in total. The van der Waals surface area contributed by atoms with Crippen molar-refractivity contribution in [2.75, 3.05) is 36.2 Å². The van der Waals surface area contributed by atoms with E-state index in [2.05, 4.69) is 34.6 Å². The fourth-order valence-corrected chi connectivity index (χ4v) is 4.70. The number of anilines is 1. The molecule has 0 aliphatic carbocycles. The van der Waals surface area contributed by atoms with Crippen LogP contribution in [0.15, 0.2) is 53.6 Å². The summed E-state index contributed by atoms with van der Waals surface area (Å²) in [5.41, 5.74) is 2.90. The molecule has 1 aliphatic heterocycles.